The second-order valence-corrected chi connectivity index (χ2v) is 6.32. The van der Waals surface area contributed by atoms with Gasteiger partial charge in [-0.2, -0.15) is 0 Å². The van der Waals surface area contributed by atoms with Gasteiger partial charge >= 0.3 is 0 Å². The van der Waals surface area contributed by atoms with Gasteiger partial charge in [0, 0.05) is 23.8 Å². The SMILES string of the molecule is CC[C@@H](CO)NCc1cccc(OC)c1OCC(=O)Nc1ccc(C)cc1. The largest absolute Gasteiger partial charge is 0.493 e. The van der Waals surface area contributed by atoms with Gasteiger partial charge in [-0.3, -0.25) is 4.79 Å². The van der Waals surface area contributed by atoms with Crippen molar-refractivity contribution in [1.29, 1.82) is 0 Å². The third-order valence-corrected chi connectivity index (χ3v) is 4.26. The molecule has 0 aromatic heterocycles. The van der Waals surface area contributed by atoms with Crippen LogP contribution in [-0.4, -0.2) is 37.4 Å². The van der Waals surface area contributed by atoms with Gasteiger partial charge in [0.15, 0.2) is 18.1 Å². The van der Waals surface area contributed by atoms with E-state index in [2.05, 4.69) is 10.6 Å². The second-order valence-electron chi connectivity index (χ2n) is 6.32. The molecule has 0 spiro atoms. The van der Waals surface area contributed by atoms with Gasteiger partial charge in [0.25, 0.3) is 5.91 Å². The molecule has 0 unspecified atom stereocenters. The van der Waals surface area contributed by atoms with Crippen molar-refractivity contribution < 1.29 is 19.4 Å². The van der Waals surface area contributed by atoms with Crippen LogP contribution in [0.2, 0.25) is 0 Å². The molecule has 0 aliphatic heterocycles. The highest BCUT2D eigenvalue weighted by Gasteiger charge is 2.14. The van der Waals surface area contributed by atoms with Crippen LogP contribution >= 0.6 is 0 Å². The molecular weight excluding hydrogens is 344 g/mol. The van der Waals surface area contributed by atoms with Gasteiger partial charge in [0.05, 0.1) is 13.7 Å². The summed E-state index contributed by atoms with van der Waals surface area (Å²) in [5, 5.41) is 15.4. The summed E-state index contributed by atoms with van der Waals surface area (Å²) in [5.74, 6) is 0.847. The number of carbonyl (C=O) groups excluding carboxylic acids is 1. The topological polar surface area (TPSA) is 79.8 Å². The number of rotatable bonds is 10. The summed E-state index contributed by atoms with van der Waals surface area (Å²) in [6.07, 6.45) is 0.815. The Bertz CT molecular complexity index is 727. The lowest BCUT2D eigenvalue weighted by Gasteiger charge is -2.18. The number of benzene rings is 2. The lowest BCUT2D eigenvalue weighted by Crippen LogP contribution is -2.31. The average molecular weight is 372 g/mol. The van der Waals surface area contributed by atoms with Crippen LogP contribution in [0.25, 0.3) is 0 Å². The van der Waals surface area contributed by atoms with Crippen molar-refractivity contribution in [3.8, 4) is 11.5 Å². The van der Waals surface area contributed by atoms with Gasteiger partial charge in [0.1, 0.15) is 0 Å². The number of hydrogen-bond donors (Lipinski definition) is 3. The zero-order chi connectivity index (χ0) is 19.6. The Kier molecular flexibility index (Phi) is 8.10. The third-order valence-electron chi connectivity index (χ3n) is 4.26. The summed E-state index contributed by atoms with van der Waals surface area (Å²) in [5.41, 5.74) is 2.72. The number of amides is 1. The minimum atomic E-state index is -0.245. The van der Waals surface area contributed by atoms with E-state index in [1.165, 1.54) is 0 Å². The van der Waals surface area contributed by atoms with Crippen LogP contribution in [-0.2, 0) is 11.3 Å². The number of methoxy groups -OCH3 is 1. The van der Waals surface area contributed by atoms with Crippen molar-refractivity contribution >= 4 is 11.6 Å². The number of anilines is 1. The number of nitrogens with one attached hydrogen (secondary N) is 2. The maximum Gasteiger partial charge on any atom is 0.262 e. The van der Waals surface area contributed by atoms with Crippen LogP contribution in [0.4, 0.5) is 5.69 Å². The Hall–Kier alpha value is -2.57. The fourth-order valence-electron chi connectivity index (χ4n) is 2.59. The molecule has 0 saturated carbocycles. The average Bonchev–Trinajstić information content (AvgIpc) is 2.69. The van der Waals surface area contributed by atoms with Crippen molar-refractivity contribution in [1.82, 2.24) is 5.32 Å². The quantitative estimate of drug-likeness (QED) is 0.598. The normalized spacial score (nSPS) is 11.7. The first kappa shape index (κ1) is 20.7. The predicted molar refractivity (Wildman–Crippen MR) is 106 cm³/mol. The smallest absolute Gasteiger partial charge is 0.262 e. The maximum absolute atomic E-state index is 12.2. The van der Waals surface area contributed by atoms with Crippen LogP contribution in [0.15, 0.2) is 42.5 Å². The summed E-state index contributed by atoms with van der Waals surface area (Å²) in [6, 6.07) is 13.2. The zero-order valence-corrected chi connectivity index (χ0v) is 16.1. The lowest BCUT2D eigenvalue weighted by molar-refractivity contribution is -0.118. The number of para-hydroxylation sites is 1. The molecular formula is C21H28N2O4. The fourth-order valence-corrected chi connectivity index (χ4v) is 2.59. The molecule has 6 nitrogen and oxygen atoms in total. The zero-order valence-electron chi connectivity index (χ0n) is 16.1. The molecule has 0 radical (unpaired) electrons. The first-order valence-electron chi connectivity index (χ1n) is 9.06. The first-order valence-corrected chi connectivity index (χ1v) is 9.06. The first-order chi connectivity index (χ1) is 13.1. The van der Waals surface area contributed by atoms with Gasteiger partial charge in [-0.25, -0.2) is 0 Å². The Labute approximate surface area is 160 Å². The molecule has 0 fully saturated rings. The highest BCUT2D eigenvalue weighted by atomic mass is 16.5. The van der Waals surface area contributed by atoms with Crippen molar-refractivity contribution in [2.24, 2.45) is 0 Å². The molecule has 146 valence electrons. The summed E-state index contributed by atoms with van der Waals surface area (Å²) >= 11 is 0. The maximum atomic E-state index is 12.2. The number of aliphatic hydroxyl groups is 1. The molecule has 0 aliphatic carbocycles. The summed E-state index contributed by atoms with van der Waals surface area (Å²) in [7, 11) is 1.56. The van der Waals surface area contributed by atoms with Crippen LogP contribution in [0.3, 0.4) is 0 Å². The van der Waals surface area contributed by atoms with E-state index in [1.807, 2.05) is 50.2 Å². The number of aliphatic hydroxyl groups excluding tert-OH is 1. The molecule has 3 N–H and O–H groups in total. The highest BCUT2D eigenvalue weighted by Crippen LogP contribution is 2.31. The van der Waals surface area contributed by atoms with Crippen molar-refractivity contribution in [2.75, 3.05) is 25.6 Å². The molecule has 2 aromatic carbocycles. The monoisotopic (exact) mass is 372 g/mol. The summed E-state index contributed by atoms with van der Waals surface area (Å²) in [4.78, 5) is 12.2. The van der Waals surface area contributed by atoms with Crippen LogP contribution < -0.4 is 20.1 Å². The van der Waals surface area contributed by atoms with Crippen LogP contribution in [0.1, 0.15) is 24.5 Å². The van der Waals surface area contributed by atoms with Gasteiger partial charge in [0.2, 0.25) is 0 Å². The molecule has 6 heteroatoms. The van der Waals surface area contributed by atoms with Crippen LogP contribution in [0, 0.1) is 6.92 Å². The molecule has 2 rings (SSSR count). The molecule has 1 atom stereocenters. The van der Waals surface area contributed by atoms with Gasteiger partial charge in [-0.05, 0) is 31.5 Å². The van der Waals surface area contributed by atoms with E-state index in [1.54, 1.807) is 13.2 Å². The number of hydrogen-bond acceptors (Lipinski definition) is 5. The predicted octanol–water partition coefficient (Wildman–Crippen LogP) is 2.88. The fraction of sp³-hybridized carbons (Fsp3) is 0.381. The van der Waals surface area contributed by atoms with E-state index in [-0.39, 0.29) is 25.2 Å². The minimum Gasteiger partial charge on any atom is -0.493 e. The Morgan fingerprint density at radius 3 is 2.56 bits per heavy atom. The standard InChI is InChI=1S/C21H28N2O4/c1-4-17(13-24)22-12-16-6-5-7-19(26-3)21(16)27-14-20(25)23-18-10-8-15(2)9-11-18/h5-11,17,22,24H,4,12-14H2,1-3H3,(H,23,25)/t17-/m0/s1. The molecule has 0 aliphatic rings. The molecule has 0 heterocycles. The van der Waals surface area contributed by atoms with E-state index >= 15 is 0 Å². The van der Waals surface area contributed by atoms with E-state index in [0.717, 1.165) is 23.2 Å². The van der Waals surface area contributed by atoms with Crippen LogP contribution in [0.5, 0.6) is 11.5 Å². The van der Waals surface area contributed by atoms with E-state index in [9.17, 15) is 9.90 Å². The Balaban J connectivity index is 2.02. The lowest BCUT2D eigenvalue weighted by atomic mass is 10.1. The Morgan fingerprint density at radius 2 is 1.93 bits per heavy atom. The van der Waals surface area contributed by atoms with E-state index in [0.29, 0.717) is 18.0 Å². The molecule has 2 aromatic rings. The van der Waals surface area contributed by atoms with E-state index in [4.69, 9.17) is 9.47 Å². The van der Waals surface area contributed by atoms with Crippen molar-refractivity contribution in [3.05, 3.63) is 53.6 Å². The van der Waals surface area contributed by atoms with Crippen molar-refractivity contribution in [2.45, 2.75) is 32.9 Å². The van der Waals surface area contributed by atoms with Gasteiger partial charge < -0.3 is 25.2 Å². The summed E-state index contributed by atoms with van der Waals surface area (Å²) < 4.78 is 11.2. The molecule has 0 saturated heterocycles. The summed E-state index contributed by atoms with van der Waals surface area (Å²) in [6.45, 7) is 4.44. The molecule has 27 heavy (non-hydrogen) atoms. The van der Waals surface area contributed by atoms with Gasteiger partial charge in [-0.15, -0.1) is 0 Å². The molecule has 1 amide bonds. The van der Waals surface area contributed by atoms with E-state index < -0.39 is 0 Å². The number of ether oxygens (including phenoxy) is 2. The second kappa shape index (κ2) is 10.5. The Morgan fingerprint density at radius 1 is 1.19 bits per heavy atom. The van der Waals surface area contributed by atoms with Gasteiger partial charge in [-0.1, -0.05) is 36.8 Å². The highest BCUT2D eigenvalue weighted by molar-refractivity contribution is 5.91. The molecule has 0 bridgehead atoms. The minimum absolute atomic E-state index is 0.00823. The number of carbonyl (C=O) groups is 1. The third kappa shape index (κ3) is 6.27. The van der Waals surface area contributed by atoms with Crippen molar-refractivity contribution in [3.63, 3.8) is 0 Å². The number of aryl methyl sites for hydroxylation is 1.